The summed E-state index contributed by atoms with van der Waals surface area (Å²) in [5.74, 6) is 0. The van der Waals surface area contributed by atoms with Crippen LogP contribution in [0.2, 0.25) is 5.02 Å². The second-order valence-electron chi connectivity index (χ2n) is 4.41. The number of nitrogens with zero attached hydrogens (tertiary/aromatic N) is 1. The molecule has 0 aromatic heterocycles. The van der Waals surface area contributed by atoms with Crippen LogP contribution in [-0.4, -0.2) is 19.0 Å². The van der Waals surface area contributed by atoms with Crippen molar-refractivity contribution in [3.05, 3.63) is 59.1 Å². The first-order valence-corrected chi connectivity index (χ1v) is 6.03. The number of hydrogen-bond donors (Lipinski definition) is 0. The predicted molar refractivity (Wildman–Crippen MR) is 74.3 cm³/mol. The van der Waals surface area contributed by atoms with Crippen molar-refractivity contribution in [1.82, 2.24) is 4.90 Å². The van der Waals surface area contributed by atoms with E-state index in [2.05, 4.69) is 49.3 Å². The van der Waals surface area contributed by atoms with Crippen molar-refractivity contribution in [3.63, 3.8) is 0 Å². The van der Waals surface area contributed by atoms with Gasteiger partial charge in [-0.25, -0.2) is 0 Å². The molecule has 0 amide bonds. The summed E-state index contributed by atoms with van der Waals surface area (Å²) < 4.78 is 0. The lowest BCUT2D eigenvalue weighted by Crippen LogP contribution is -2.11. The highest BCUT2D eigenvalue weighted by molar-refractivity contribution is 6.30. The summed E-state index contributed by atoms with van der Waals surface area (Å²) >= 11 is 6.04. The van der Waals surface area contributed by atoms with Crippen LogP contribution < -0.4 is 0 Å². The topological polar surface area (TPSA) is 3.24 Å². The van der Waals surface area contributed by atoms with Crippen LogP contribution in [0.1, 0.15) is 5.56 Å². The molecule has 0 bridgehead atoms. The van der Waals surface area contributed by atoms with E-state index >= 15 is 0 Å². The SMILES string of the molecule is CN(C)Cc1ccccc1-c1cccc(Cl)c1. The number of hydrogen-bond acceptors (Lipinski definition) is 1. The molecular weight excluding hydrogens is 230 g/mol. The summed E-state index contributed by atoms with van der Waals surface area (Å²) in [4.78, 5) is 2.17. The molecule has 0 saturated carbocycles. The quantitative estimate of drug-likeness (QED) is 0.788. The standard InChI is InChI=1S/C15H16ClN/c1-17(2)11-13-6-3-4-9-15(13)12-7-5-8-14(16)10-12/h3-10H,11H2,1-2H3. The molecule has 0 aliphatic rings. The fourth-order valence-electron chi connectivity index (χ4n) is 1.94. The Hall–Kier alpha value is -1.31. The average molecular weight is 246 g/mol. The highest BCUT2D eigenvalue weighted by Crippen LogP contribution is 2.26. The first kappa shape index (κ1) is 12.2. The molecule has 2 rings (SSSR count). The Bertz CT molecular complexity index is 506. The molecule has 0 aliphatic heterocycles. The average Bonchev–Trinajstić information content (AvgIpc) is 2.29. The summed E-state index contributed by atoms with van der Waals surface area (Å²) in [7, 11) is 4.16. The van der Waals surface area contributed by atoms with E-state index in [9.17, 15) is 0 Å². The van der Waals surface area contributed by atoms with Gasteiger partial charge in [0.15, 0.2) is 0 Å². The summed E-state index contributed by atoms with van der Waals surface area (Å²) in [5.41, 5.74) is 3.75. The zero-order chi connectivity index (χ0) is 12.3. The van der Waals surface area contributed by atoms with Gasteiger partial charge in [0.1, 0.15) is 0 Å². The van der Waals surface area contributed by atoms with Gasteiger partial charge in [-0.05, 0) is 42.9 Å². The lowest BCUT2D eigenvalue weighted by atomic mass is 9.99. The largest absolute Gasteiger partial charge is 0.305 e. The third-order valence-electron chi connectivity index (χ3n) is 2.64. The van der Waals surface area contributed by atoms with Crippen LogP contribution in [-0.2, 0) is 6.54 Å². The molecule has 1 nitrogen and oxygen atoms in total. The van der Waals surface area contributed by atoms with Gasteiger partial charge in [0.2, 0.25) is 0 Å². The molecule has 88 valence electrons. The summed E-state index contributed by atoms with van der Waals surface area (Å²) in [6.45, 7) is 0.933. The van der Waals surface area contributed by atoms with Gasteiger partial charge < -0.3 is 4.90 Å². The van der Waals surface area contributed by atoms with E-state index in [-0.39, 0.29) is 0 Å². The smallest absolute Gasteiger partial charge is 0.0412 e. The highest BCUT2D eigenvalue weighted by Gasteiger charge is 2.05. The summed E-state index contributed by atoms with van der Waals surface area (Å²) in [5, 5.41) is 0.780. The summed E-state index contributed by atoms with van der Waals surface area (Å²) in [6, 6.07) is 16.4. The maximum atomic E-state index is 6.04. The van der Waals surface area contributed by atoms with E-state index in [4.69, 9.17) is 11.6 Å². The van der Waals surface area contributed by atoms with Gasteiger partial charge in [-0.15, -0.1) is 0 Å². The molecule has 0 atom stereocenters. The molecule has 0 spiro atoms. The van der Waals surface area contributed by atoms with Crippen LogP contribution in [0, 0.1) is 0 Å². The third-order valence-corrected chi connectivity index (χ3v) is 2.87. The Labute approximate surface area is 108 Å². The van der Waals surface area contributed by atoms with Gasteiger partial charge in [-0.1, -0.05) is 48.0 Å². The van der Waals surface area contributed by atoms with Gasteiger partial charge in [-0.3, -0.25) is 0 Å². The van der Waals surface area contributed by atoms with Crippen LogP contribution in [0.15, 0.2) is 48.5 Å². The van der Waals surface area contributed by atoms with E-state index in [1.54, 1.807) is 0 Å². The molecule has 2 aromatic carbocycles. The van der Waals surface area contributed by atoms with Gasteiger partial charge >= 0.3 is 0 Å². The predicted octanol–water partition coefficient (Wildman–Crippen LogP) is 4.07. The van der Waals surface area contributed by atoms with E-state index in [1.807, 2.05) is 18.2 Å². The van der Waals surface area contributed by atoms with Crippen molar-refractivity contribution in [2.75, 3.05) is 14.1 Å². The Kier molecular flexibility index (Phi) is 3.82. The molecule has 2 heteroatoms. The Morgan fingerprint density at radius 2 is 1.76 bits per heavy atom. The number of halogens is 1. The van der Waals surface area contributed by atoms with Crippen LogP contribution in [0.3, 0.4) is 0 Å². The van der Waals surface area contributed by atoms with Crippen molar-refractivity contribution in [3.8, 4) is 11.1 Å². The first-order chi connectivity index (χ1) is 8.16. The fourth-order valence-corrected chi connectivity index (χ4v) is 2.13. The minimum atomic E-state index is 0.780. The Balaban J connectivity index is 2.44. The molecule has 0 saturated heterocycles. The maximum Gasteiger partial charge on any atom is 0.0412 e. The Morgan fingerprint density at radius 1 is 1.00 bits per heavy atom. The molecular formula is C15H16ClN. The van der Waals surface area contributed by atoms with Crippen molar-refractivity contribution in [2.45, 2.75) is 6.54 Å². The van der Waals surface area contributed by atoms with E-state index in [1.165, 1.54) is 16.7 Å². The van der Waals surface area contributed by atoms with E-state index < -0.39 is 0 Å². The molecule has 0 fully saturated rings. The van der Waals surface area contributed by atoms with Crippen molar-refractivity contribution in [2.24, 2.45) is 0 Å². The second-order valence-corrected chi connectivity index (χ2v) is 4.84. The van der Waals surface area contributed by atoms with Crippen molar-refractivity contribution < 1.29 is 0 Å². The number of rotatable bonds is 3. The van der Waals surface area contributed by atoms with Crippen LogP contribution in [0.5, 0.6) is 0 Å². The third kappa shape index (κ3) is 3.09. The van der Waals surface area contributed by atoms with E-state index in [0.29, 0.717) is 0 Å². The minimum Gasteiger partial charge on any atom is -0.305 e. The molecule has 0 heterocycles. The fraction of sp³-hybridized carbons (Fsp3) is 0.200. The lowest BCUT2D eigenvalue weighted by Gasteiger charge is -2.14. The van der Waals surface area contributed by atoms with Crippen LogP contribution in [0.4, 0.5) is 0 Å². The monoisotopic (exact) mass is 245 g/mol. The van der Waals surface area contributed by atoms with Crippen molar-refractivity contribution >= 4 is 11.6 Å². The zero-order valence-electron chi connectivity index (χ0n) is 10.2. The zero-order valence-corrected chi connectivity index (χ0v) is 10.9. The van der Waals surface area contributed by atoms with Gasteiger partial charge in [0, 0.05) is 11.6 Å². The Morgan fingerprint density at radius 3 is 2.47 bits per heavy atom. The normalized spacial score (nSPS) is 10.8. The molecule has 0 unspecified atom stereocenters. The van der Waals surface area contributed by atoms with Gasteiger partial charge in [0.25, 0.3) is 0 Å². The van der Waals surface area contributed by atoms with Gasteiger partial charge in [-0.2, -0.15) is 0 Å². The molecule has 2 aromatic rings. The molecule has 17 heavy (non-hydrogen) atoms. The van der Waals surface area contributed by atoms with Crippen molar-refractivity contribution in [1.29, 1.82) is 0 Å². The number of benzene rings is 2. The molecule has 0 radical (unpaired) electrons. The molecule has 0 N–H and O–H groups in total. The van der Waals surface area contributed by atoms with E-state index in [0.717, 1.165) is 11.6 Å². The summed E-state index contributed by atoms with van der Waals surface area (Å²) in [6.07, 6.45) is 0. The lowest BCUT2D eigenvalue weighted by molar-refractivity contribution is 0.403. The maximum absolute atomic E-state index is 6.04. The highest BCUT2D eigenvalue weighted by atomic mass is 35.5. The second kappa shape index (κ2) is 5.35. The van der Waals surface area contributed by atoms with Crippen LogP contribution in [0.25, 0.3) is 11.1 Å². The van der Waals surface area contributed by atoms with Gasteiger partial charge in [0.05, 0.1) is 0 Å². The first-order valence-electron chi connectivity index (χ1n) is 5.65. The minimum absolute atomic E-state index is 0.780. The van der Waals surface area contributed by atoms with Crippen LogP contribution >= 0.6 is 11.6 Å². The molecule has 0 aliphatic carbocycles.